The van der Waals surface area contributed by atoms with Gasteiger partial charge in [0.15, 0.2) is 0 Å². The average molecular weight is 410 g/mol. The fraction of sp³-hybridized carbons (Fsp3) is 0.600. The van der Waals surface area contributed by atoms with E-state index in [2.05, 4.69) is 0 Å². The maximum atomic E-state index is 12.8. The van der Waals surface area contributed by atoms with E-state index in [-0.39, 0.29) is 18.5 Å². The Morgan fingerprint density at radius 3 is 1.54 bits per heavy atom. The topological polar surface area (TPSA) is 36.9 Å². The van der Waals surface area contributed by atoms with Gasteiger partial charge in [-0.15, -0.1) is 0 Å². The van der Waals surface area contributed by atoms with E-state index in [4.69, 9.17) is 18.1 Å². The van der Waals surface area contributed by atoms with Gasteiger partial charge in [-0.1, -0.05) is 0 Å². The van der Waals surface area contributed by atoms with E-state index in [1.807, 2.05) is 0 Å². The fourth-order valence-electron chi connectivity index (χ4n) is 2.29. The number of rotatable bonds is 9. The molecule has 0 spiro atoms. The summed E-state index contributed by atoms with van der Waals surface area (Å²) in [6, 6.07) is 5.76. The molecule has 1 aromatic rings. The van der Waals surface area contributed by atoms with Crippen molar-refractivity contribution in [3.05, 3.63) is 29.8 Å². The van der Waals surface area contributed by atoms with Crippen LogP contribution in [0.15, 0.2) is 24.3 Å². The van der Waals surface area contributed by atoms with Crippen LogP contribution in [0.25, 0.3) is 0 Å². The molecule has 0 unspecified atom stereocenters. The van der Waals surface area contributed by atoms with Crippen molar-refractivity contribution in [2.75, 3.05) is 26.4 Å². The molecule has 4 nitrogen and oxygen atoms in total. The van der Waals surface area contributed by atoms with E-state index < -0.39 is 33.1 Å². The first kappa shape index (κ1) is 23.1. The zero-order valence-corrected chi connectivity index (χ0v) is 15.4. The molecule has 0 aromatic heterocycles. The van der Waals surface area contributed by atoms with Crippen molar-refractivity contribution in [2.24, 2.45) is 0 Å². The minimum absolute atomic E-state index is 0.115. The van der Waals surface area contributed by atoms with Crippen LogP contribution in [0.5, 0.6) is 0 Å². The van der Waals surface area contributed by atoms with Gasteiger partial charge >= 0.3 is 147 Å². The molecule has 0 aliphatic rings. The maximum absolute atomic E-state index is 12.8. The molecule has 0 saturated heterocycles. The van der Waals surface area contributed by atoms with Crippen LogP contribution >= 0.6 is 7.51 Å². The summed E-state index contributed by atoms with van der Waals surface area (Å²) in [5, 5.41) is -0.115. The second-order valence-corrected chi connectivity index (χ2v) is 8.35. The molecule has 0 amide bonds. The molecule has 0 bridgehead atoms. The Bertz CT molecular complexity index is 562. The molecule has 11 heteroatoms. The van der Waals surface area contributed by atoms with Gasteiger partial charge in [-0.25, -0.2) is 0 Å². The molecule has 0 heterocycles. The van der Waals surface area contributed by atoms with Crippen LogP contribution in [-0.4, -0.2) is 38.8 Å². The summed E-state index contributed by atoms with van der Waals surface area (Å²) in [6.45, 7) is -0.0837. The van der Waals surface area contributed by atoms with Crippen molar-refractivity contribution in [2.45, 2.75) is 33.1 Å². The Hall–Kier alpha value is -0.930. The third kappa shape index (κ3) is 5.79. The van der Waals surface area contributed by atoms with Crippen LogP contribution in [0, 0.1) is 6.92 Å². The summed E-state index contributed by atoms with van der Waals surface area (Å²) in [5.74, 6) is 0. The van der Waals surface area contributed by atoms with Gasteiger partial charge in [0.05, 0.1) is 0 Å². The molecule has 1 rings (SSSR count). The molecule has 0 atom stereocenters. The first-order valence-corrected chi connectivity index (χ1v) is 9.60. The van der Waals surface area contributed by atoms with Gasteiger partial charge in [-0.3, -0.25) is 0 Å². The van der Waals surface area contributed by atoms with Gasteiger partial charge in [0.25, 0.3) is 0 Å². The standard InChI is InChI=1S/C15H21F6O4P/c1-4-22-26(23-5-2,24-10-14(16,17)18,25-11-15(19,20)21)13-9-7-6-8-12(13)3/h6-9H,4-5,10-11H2,1-3H3. The number of hydrogen-bond donors (Lipinski definition) is 0. The number of alkyl halides is 6. The van der Waals surface area contributed by atoms with Gasteiger partial charge in [0.1, 0.15) is 0 Å². The first-order valence-electron chi connectivity index (χ1n) is 7.69. The molecule has 0 fully saturated rings. The summed E-state index contributed by atoms with van der Waals surface area (Å²) in [6.07, 6.45) is -9.66. The van der Waals surface area contributed by atoms with Gasteiger partial charge in [-0.2, -0.15) is 0 Å². The fourth-order valence-corrected chi connectivity index (χ4v) is 5.90. The molecule has 0 aliphatic carbocycles. The van der Waals surface area contributed by atoms with Gasteiger partial charge in [0, 0.05) is 0 Å². The van der Waals surface area contributed by atoms with E-state index >= 15 is 0 Å². The van der Waals surface area contributed by atoms with E-state index in [1.54, 1.807) is 6.07 Å². The third-order valence-corrected chi connectivity index (χ3v) is 6.96. The zero-order valence-electron chi connectivity index (χ0n) is 14.5. The van der Waals surface area contributed by atoms with Gasteiger partial charge in [0.2, 0.25) is 0 Å². The summed E-state index contributed by atoms with van der Waals surface area (Å²) < 4.78 is 97.7. The van der Waals surface area contributed by atoms with Crippen molar-refractivity contribution in [1.29, 1.82) is 0 Å². The Morgan fingerprint density at radius 2 is 1.19 bits per heavy atom. The predicted molar refractivity (Wildman–Crippen MR) is 85.0 cm³/mol. The Kier molecular flexibility index (Phi) is 7.46. The monoisotopic (exact) mass is 410 g/mol. The van der Waals surface area contributed by atoms with Crippen molar-refractivity contribution < 1.29 is 44.4 Å². The molecule has 0 radical (unpaired) electrons. The van der Waals surface area contributed by atoms with Crippen LogP contribution in [0.2, 0.25) is 0 Å². The normalized spacial score (nSPS) is 14.9. The van der Waals surface area contributed by atoms with Crippen LogP contribution in [0.1, 0.15) is 19.4 Å². The van der Waals surface area contributed by atoms with Crippen molar-refractivity contribution in [3.63, 3.8) is 0 Å². The number of benzene rings is 1. The van der Waals surface area contributed by atoms with Crippen molar-refractivity contribution in [1.82, 2.24) is 0 Å². The summed E-state index contributed by atoms with van der Waals surface area (Å²) in [5.41, 5.74) is 0.316. The Balaban J connectivity index is 3.61. The van der Waals surface area contributed by atoms with Gasteiger partial charge < -0.3 is 0 Å². The van der Waals surface area contributed by atoms with Crippen LogP contribution in [0.3, 0.4) is 0 Å². The minimum atomic E-state index is -5.43. The second kappa shape index (κ2) is 8.39. The second-order valence-electron chi connectivity index (χ2n) is 5.21. The van der Waals surface area contributed by atoms with Crippen molar-refractivity contribution in [3.8, 4) is 0 Å². The molecule has 0 saturated carbocycles. The van der Waals surface area contributed by atoms with E-state index in [1.165, 1.54) is 39.0 Å². The summed E-state index contributed by atoms with van der Waals surface area (Å²) >= 11 is 0. The van der Waals surface area contributed by atoms with E-state index in [0.29, 0.717) is 5.56 Å². The Labute approximate surface area is 147 Å². The number of hydrogen-bond acceptors (Lipinski definition) is 4. The zero-order chi connectivity index (χ0) is 20.1. The average Bonchev–Trinajstić information content (AvgIpc) is 2.51. The SMILES string of the molecule is CCOP(OCC)(OCC(F)(F)F)(OCC(F)(F)F)c1ccccc1C. The third-order valence-electron chi connectivity index (χ3n) is 3.11. The van der Waals surface area contributed by atoms with E-state index in [0.717, 1.165) is 0 Å². The van der Waals surface area contributed by atoms with Crippen molar-refractivity contribution >= 4 is 12.8 Å². The first-order chi connectivity index (χ1) is 11.9. The quantitative estimate of drug-likeness (QED) is 0.421. The number of aryl methyl sites for hydroxylation is 1. The molecule has 0 N–H and O–H groups in total. The molecule has 0 aliphatic heterocycles. The number of halogens is 6. The Morgan fingerprint density at radius 1 is 0.769 bits per heavy atom. The molecule has 26 heavy (non-hydrogen) atoms. The van der Waals surface area contributed by atoms with Crippen LogP contribution in [-0.2, 0) is 18.1 Å². The molecular weight excluding hydrogens is 389 g/mol. The van der Waals surface area contributed by atoms with Crippen LogP contribution < -0.4 is 5.30 Å². The molecule has 152 valence electrons. The summed E-state index contributed by atoms with van der Waals surface area (Å²) in [4.78, 5) is 0. The summed E-state index contributed by atoms with van der Waals surface area (Å²) in [7, 11) is -5.43. The van der Waals surface area contributed by atoms with E-state index in [9.17, 15) is 26.3 Å². The van der Waals surface area contributed by atoms with Crippen LogP contribution in [0.4, 0.5) is 26.3 Å². The van der Waals surface area contributed by atoms with Gasteiger partial charge in [-0.05, 0) is 0 Å². The molecular formula is C15H21F6O4P. The molecule has 1 aromatic carbocycles. The predicted octanol–water partition coefficient (Wildman–Crippen LogP) is 5.06.